The second-order valence-electron chi connectivity index (χ2n) is 12.5. The molecule has 1 aromatic heterocycles. The first-order chi connectivity index (χ1) is 23.2. The number of hydrogen-bond donors (Lipinski definition) is 3. The van der Waals surface area contributed by atoms with Crippen molar-refractivity contribution in [3.8, 4) is 5.75 Å². The molecule has 2 heterocycles. The first-order valence-electron chi connectivity index (χ1n) is 16.3. The highest BCUT2D eigenvalue weighted by atomic mass is 35.5. The summed E-state index contributed by atoms with van der Waals surface area (Å²) in [7, 11) is -2.36. The highest BCUT2D eigenvalue weighted by molar-refractivity contribution is 7.89. The van der Waals surface area contributed by atoms with Gasteiger partial charge in [-0.2, -0.15) is 4.31 Å². The summed E-state index contributed by atoms with van der Waals surface area (Å²) < 4.78 is 45.8. The predicted molar refractivity (Wildman–Crippen MR) is 187 cm³/mol. The molecule has 2 aromatic carbocycles. The van der Waals surface area contributed by atoms with E-state index in [0.717, 1.165) is 12.8 Å². The average molecular weight is 720 g/mol. The highest BCUT2D eigenvalue weighted by Gasteiger charge is 2.32. The van der Waals surface area contributed by atoms with E-state index in [1.807, 2.05) is 13.8 Å². The Balaban J connectivity index is 1.63. The zero-order chi connectivity index (χ0) is 35.9. The fourth-order valence-corrected chi connectivity index (χ4v) is 6.85. The third-order valence-corrected chi connectivity index (χ3v) is 10.6. The van der Waals surface area contributed by atoms with Gasteiger partial charge in [0.25, 0.3) is 5.91 Å². The average Bonchev–Trinajstić information content (AvgIpc) is 3.38. The van der Waals surface area contributed by atoms with Crippen LogP contribution in [0.2, 0.25) is 5.02 Å². The monoisotopic (exact) mass is 719 g/mol. The van der Waals surface area contributed by atoms with Gasteiger partial charge in [0.05, 0.1) is 35.3 Å². The van der Waals surface area contributed by atoms with Gasteiger partial charge in [0.15, 0.2) is 5.76 Å². The van der Waals surface area contributed by atoms with Crippen molar-refractivity contribution < 1.29 is 37.1 Å². The number of aliphatic hydroxyl groups is 1. The highest BCUT2D eigenvalue weighted by Crippen LogP contribution is 2.29. The van der Waals surface area contributed by atoms with Gasteiger partial charge >= 0.3 is 6.03 Å². The number of amides is 3. The van der Waals surface area contributed by atoms with E-state index in [1.54, 1.807) is 39.0 Å². The molecule has 1 aliphatic rings. The normalized spacial score (nSPS) is 20.2. The fraction of sp³-hybridized carbons (Fsp3) is 0.500. The molecule has 49 heavy (non-hydrogen) atoms. The van der Waals surface area contributed by atoms with E-state index in [0.29, 0.717) is 46.6 Å². The number of carbonyl (C=O) groups is 2. The first kappa shape index (κ1) is 38.1. The molecule has 0 spiro atoms. The van der Waals surface area contributed by atoms with E-state index in [1.165, 1.54) is 40.5 Å². The Hall–Kier alpha value is -3.69. The van der Waals surface area contributed by atoms with Crippen molar-refractivity contribution in [1.29, 1.82) is 0 Å². The lowest BCUT2D eigenvalue weighted by atomic mass is 10.0. The van der Waals surface area contributed by atoms with Crippen LogP contribution in [0.1, 0.15) is 61.8 Å². The maximum absolute atomic E-state index is 14.4. The summed E-state index contributed by atoms with van der Waals surface area (Å²) in [5.41, 5.74) is 1.51. The van der Waals surface area contributed by atoms with Crippen molar-refractivity contribution >= 4 is 44.9 Å². The number of ether oxygens (including phenoxy) is 2. The molecule has 0 bridgehead atoms. The maximum atomic E-state index is 14.4. The Morgan fingerprint density at radius 1 is 1.14 bits per heavy atom. The number of aryl methyl sites for hydroxylation is 2. The molecule has 0 saturated carbocycles. The number of halogens is 1. The van der Waals surface area contributed by atoms with Crippen molar-refractivity contribution in [2.75, 3.05) is 44.0 Å². The molecule has 268 valence electrons. The smallest absolute Gasteiger partial charge is 0.323 e. The van der Waals surface area contributed by atoms with Gasteiger partial charge in [-0.15, -0.1) is 0 Å². The standard InChI is InChI=1S/C34H46ClN5O8S/c1-21-18-40(22(2)20-41)33(42)29-17-27(36-34(43)37-32-24(4)38-48-25(32)5)12-15-30(29)47-23(3)9-7-8-16-46-31(21)19-39(6)49(44,45)28-13-10-26(35)11-14-28/h10-15,17,21-23,31,41H,7-9,16,18-20H2,1-6H3,(H2,36,37,43)/t21-,22-,23-,31+/m0/s1. The number of aliphatic hydroxyl groups excluding tert-OH is 1. The summed E-state index contributed by atoms with van der Waals surface area (Å²) >= 11 is 5.98. The number of anilines is 2. The Morgan fingerprint density at radius 2 is 1.86 bits per heavy atom. The summed E-state index contributed by atoms with van der Waals surface area (Å²) in [5.74, 6) is 0.0151. The third kappa shape index (κ3) is 9.73. The molecule has 3 amide bonds. The predicted octanol–water partition coefficient (Wildman–Crippen LogP) is 5.71. The van der Waals surface area contributed by atoms with Gasteiger partial charge in [-0.05, 0) is 89.4 Å². The van der Waals surface area contributed by atoms with Crippen LogP contribution in [0.15, 0.2) is 51.9 Å². The van der Waals surface area contributed by atoms with Crippen molar-refractivity contribution in [2.45, 2.75) is 77.0 Å². The van der Waals surface area contributed by atoms with Crippen molar-refractivity contribution in [3.05, 3.63) is 64.5 Å². The van der Waals surface area contributed by atoms with E-state index < -0.39 is 34.1 Å². The lowest BCUT2D eigenvalue weighted by Crippen LogP contribution is -2.48. The zero-order valence-corrected chi connectivity index (χ0v) is 30.3. The molecule has 15 heteroatoms. The van der Waals surface area contributed by atoms with Crippen molar-refractivity contribution in [2.24, 2.45) is 5.92 Å². The summed E-state index contributed by atoms with van der Waals surface area (Å²) in [6.07, 6.45) is 1.35. The largest absolute Gasteiger partial charge is 0.490 e. The second kappa shape index (κ2) is 16.8. The topological polar surface area (TPSA) is 164 Å². The number of hydrogen-bond acceptors (Lipinski definition) is 9. The minimum absolute atomic E-state index is 0.0338. The lowest BCUT2D eigenvalue weighted by Gasteiger charge is -2.35. The maximum Gasteiger partial charge on any atom is 0.323 e. The molecule has 0 fully saturated rings. The number of aromatic nitrogens is 1. The Kier molecular flexibility index (Phi) is 13.1. The van der Waals surface area contributed by atoms with Crippen LogP contribution >= 0.6 is 11.6 Å². The van der Waals surface area contributed by atoms with E-state index in [4.69, 9.17) is 25.6 Å². The Labute approximate surface area is 292 Å². The third-order valence-electron chi connectivity index (χ3n) is 8.54. The number of nitrogens with zero attached hydrogens (tertiary/aromatic N) is 3. The van der Waals surface area contributed by atoms with E-state index in [2.05, 4.69) is 15.8 Å². The quantitative estimate of drug-likeness (QED) is 0.265. The van der Waals surface area contributed by atoms with Crippen molar-refractivity contribution in [1.82, 2.24) is 14.4 Å². The molecular formula is C34H46ClN5O8S. The summed E-state index contributed by atoms with van der Waals surface area (Å²) in [4.78, 5) is 28.9. The van der Waals surface area contributed by atoms with Gasteiger partial charge in [0.1, 0.15) is 17.1 Å². The first-order valence-corrected chi connectivity index (χ1v) is 18.1. The number of urea groups is 1. The number of carbonyl (C=O) groups excluding carboxylic acids is 2. The molecule has 0 saturated heterocycles. The molecule has 4 rings (SSSR count). The molecule has 1 aliphatic heterocycles. The molecule has 3 N–H and O–H groups in total. The fourth-order valence-electron chi connectivity index (χ4n) is 5.54. The zero-order valence-electron chi connectivity index (χ0n) is 28.7. The molecular weight excluding hydrogens is 674 g/mol. The summed E-state index contributed by atoms with van der Waals surface area (Å²) in [6, 6.07) is 9.65. The van der Waals surface area contributed by atoms with E-state index >= 15 is 0 Å². The van der Waals surface area contributed by atoms with Gasteiger partial charge in [-0.1, -0.05) is 23.7 Å². The SMILES string of the molecule is Cc1noc(C)c1NC(=O)Nc1ccc2c(c1)C(=O)N([C@@H](C)CO)C[C@H](C)[C@@H](CN(C)S(=O)(=O)c1ccc(Cl)cc1)OCCCC[C@H](C)O2. The minimum atomic E-state index is -3.86. The number of benzene rings is 2. The number of sulfonamides is 1. The lowest BCUT2D eigenvalue weighted by molar-refractivity contribution is -0.00833. The summed E-state index contributed by atoms with van der Waals surface area (Å²) in [5, 5.41) is 20.0. The number of fused-ring (bicyclic) bond motifs is 1. The summed E-state index contributed by atoms with van der Waals surface area (Å²) in [6.45, 7) is 9.16. The van der Waals surface area contributed by atoms with Gasteiger partial charge in [-0.25, -0.2) is 13.2 Å². The molecule has 0 radical (unpaired) electrons. The number of likely N-dealkylation sites (N-methyl/N-ethyl adjacent to an activating group) is 1. The van der Waals surface area contributed by atoms with Crippen LogP contribution in [-0.2, 0) is 14.8 Å². The van der Waals surface area contributed by atoms with Crippen LogP contribution in [0, 0.1) is 19.8 Å². The van der Waals surface area contributed by atoms with Crippen LogP contribution in [0.4, 0.5) is 16.2 Å². The number of rotatable bonds is 8. The number of nitrogens with one attached hydrogen (secondary N) is 2. The molecule has 3 aromatic rings. The molecule has 4 atom stereocenters. The van der Waals surface area contributed by atoms with Gasteiger partial charge in [0, 0.05) is 43.4 Å². The Bertz CT molecular complexity index is 1680. The van der Waals surface area contributed by atoms with Gasteiger partial charge in [-0.3, -0.25) is 4.79 Å². The van der Waals surface area contributed by atoms with Crippen LogP contribution in [0.25, 0.3) is 0 Å². The van der Waals surface area contributed by atoms with Crippen LogP contribution in [0.5, 0.6) is 5.75 Å². The van der Waals surface area contributed by atoms with Crippen LogP contribution < -0.4 is 15.4 Å². The molecule has 0 aliphatic carbocycles. The molecule has 13 nitrogen and oxygen atoms in total. The van der Waals surface area contributed by atoms with Crippen molar-refractivity contribution in [3.63, 3.8) is 0 Å². The Morgan fingerprint density at radius 3 is 2.51 bits per heavy atom. The van der Waals surface area contributed by atoms with Crippen LogP contribution in [0.3, 0.4) is 0 Å². The second-order valence-corrected chi connectivity index (χ2v) is 15.0. The van der Waals surface area contributed by atoms with Gasteiger partial charge in [0.2, 0.25) is 10.0 Å². The molecule has 0 unspecified atom stereocenters. The van der Waals surface area contributed by atoms with Crippen LogP contribution in [-0.4, -0.2) is 91.4 Å². The minimum Gasteiger partial charge on any atom is -0.490 e. The van der Waals surface area contributed by atoms with Gasteiger partial charge < -0.3 is 34.6 Å². The van der Waals surface area contributed by atoms with E-state index in [-0.39, 0.29) is 42.2 Å². The van der Waals surface area contributed by atoms with E-state index in [9.17, 15) is 23.1 Å².